The monoisotopic (exact) mass is 267 g/mol. The fourth-order valence-corrected chi connectivity index (χ4v) is 2.44. The minimum atomic E-state index is -0.833. The molecule has 1 aliphatic heterocycles. The number of ether oxygens (including phenoxy) is 1. The summed E-state index contributed by atoms with van der Waals surface area (Å²) < 4.78 is 18.2. The van der Waals surface area contributed by atoms with Gasteiger partial charge in [-0.1, -0.05) is 12.1 Å². The van der Waals surface area contributed by atoms with Crippen LogP contribution < -0.4 is 0 Å². The SMILES string of the molecule is CC(c1ccc(F)cc1)N(C)C1COCC1C(=O)O. The number of likely N-dealkylation sites (N-methyl/N-ethyl adjacent to an activating group) is 1. The van der Waals surface area contributed by atoms with Crippen LogP contribution in [0.3, 0.4) is 0 Å². The van der Waals surface area contributed by atoms with Crippen molar-refractivity contribution in [3.63, 3.8) is 0 Å². The second kappa shape index (κ2) is 5.67. The van der Waals surface area contributed by atoms with Gasteiger partial charge in [-0.2, -0.15) is 0 Å². The molecule has 1 N–H and O–H groups in total. The molecule has 0 aromatic heterocycles. The molecule has 104 valence electrons. The van der Waals surface area contributed by atoms with Crippen molar-refractivity contribution in [3.8, 4) is 0 Å². The Morgan fingerprint density at radius 1 is 1.42 bits per heavy atom. The number of carboxylic acids is 1. The lowest BCUT2D eigenvalue weighted by atomic mass is 9.99. The van der Waals surface area contributed by atoms with Crippen LogP contribution in [0, 0.1) is 11.7 Å². The molecule has 0 radical (unpaired) electrons. The highest BCUT2D eigenvalue weighted by atomic mass is 19.1. The fraction of sp³-hybridized carbons (Fsp3) is 0.500. The summed E-state index contributed by atoms with van der Waals surface area (Å²) in [7, 11) is 1.88. The second-order valence-corrected chi connectivity index (χ2v) is 4.94. The van der Waals surface area contributed by atoms with Gasteiger partial charge in [0, 0.05) is 12.1 Å². The highest BCUT2D eigenvalue weighted by Crippen LogP contribution is 2.27. The van der Waals surface area contributed by atoms with Gasteiger partial charge in [0.15, 0.2) is 0 Å². The third-order valence-electron chi connectivity index (χ3n) is 3.85. The summed E-state index contributed by atoms with van der Waals surface area (Å²) in [6.45, 7) is 2.64. The van der Waals surface area contributed by atoms with Crippen LogP contribution in [0.2, 0.25) is 0 Å². The van der Waals surface area contributed by atoms with Gasteiger partial charge in [-0.15, -0.1) is 0 Å². The van der Waals surface area contributed by atoms with Gasteiger partial charge in [0.2, 0.25) is 0 Å². The molecule has 2 rings (SSSR count). The van der Waals surface area contributed by atoms with E-state index < -0.39 is 11.9 Å². The molecule has 0 aliphatic carbocycles. The first-order valence-corrected chi connectivity index (χ1v) is 6.28. The van der Waals surface area contributed by atoms with Crippen molar-refractivity contribution < 1.29 is 19.0 Å². The Morgan fingerprint density at radius 2 is 2.05 bits per heavy atom. The molecule has 1 aromatic rings. The van der Waals surface area contributed by atoms with E-state index in [1.54, 1.807) is 12.1 Å². The summed E-state index contributed by atoms with van der Waals surface area (Å²) in [5, 5.41) is 9.17. The van der Waals surface area contributed by atoms with Gasteiger partial charge in [-0.25, -0.2) is 4.39 Å². The van der Waals surface area contributed by atoms with Gasteiger partial charge >= 0.3 is 5.97 Å². The number of aliphatic carboxylic acids is 1. The molecule has 3 unspecified atom stereocenters. The van der Waals surface area contributed by atoms with E-state index in [9.17, 15) is 9.18 Å². The predicted molar refractivity (Wildman–Crippen MR) is 68.3 cm³/mol. The molecule has 1 aromatic carbocycles. The van der Waals surface area contributed by atoms with Crippen LogP contribution in [-0.2, 0) is 9.53 Å². The molecule has 3 atom stereocenters. The summed E-state index contributed by atoms with van der Waals surface area (Å²) in [5.74, 6) is -1.61. The maximum Gasteiger partial charge on any atom is 0.310 e. The van der Waals surface area contributed by atoms with Crippen molar-refractivity contribution >= 4 is 5.97 Å². The Morgan fingerprint density at radius 3 is 2.63 bits per heavy atom. The van der Waals surface area contributed by atoms with Crippen molar-refractivity contribution in [2.75, 3.05) is 20.3 Å². The van der Waals surface area contributed by atoms with E-state index in [-0.39, 0.29) is 24.5 Å². The minimum absolute atomic E-state index is 0.00847. The number of rotatable bonds is 4. The van der Waals surface area contributed by atoms with Gasteiger partial charge in [0.25, 0.3) is 0 Å². The maximum absolute atomic E-state index is 12.9. The van der Waals surface area contributed by atoms with E-state index in [0.29, 0.717) is 6.61 Å². The van der Waals surface area contributed by atoms with Crippen LogP contribution in [0.5, 0.6) is 0 Å². The zero-order valence-corrected chi connectivity index (χ0v) is 11.0. The molecule has 0 bridgehead atoms. The van der Waals surface area contributed by atoms with E-state index in [1.807, 2.05) is 18.9 Å². The summed E-state index contributed by atoms with van der Waals surface area (Å²) in [4.78, 5) is 13.1. The Balaban J connectivity index is 2.12. The Labute approximate surface area is 111 Å². The number of carboxylic acid groups (broad SMARTS) is 1. The first kappa shape index (κ1) is 14.0. The van der Waals surface area contributed by atoms with Crippen molar-refractivity contribution in [2.24, 2.45) is 5.92 Å². The average Bonchev–Trinajstić information content (AvgIpc) is 2.87. The number of carbonyl (C=O) groups is 1. The normalized spacial score (nSPS) is 24.6. The first-order valence-electron chi connectivity index (χ1n) is 6.28. The molecule has 19 heavy (non-hydrogen) atoms. The first-order chi connectivity index (χ1) is 9.00. The maximum atomic E-state index is 12.9. The smallest absolute Gasteiger partial charge is 0.310 e. The Hall–Kier alpha value is -1.46. The molecule has 1 aliphatic rings. The number of hydrogen-bond acceptors (Lipinski definition) is 3. The summed E-state index contributed by atoms with van der Waals surface area (Å²) in [6, 6.07) is 6.13. The largest absolute Gasteiger partial charge is 0.481 e. The average molecular weight is 267 g/mol. The third-order valence-corrected chi connectivity index (χ3v) is 3.85. The van der Waals surface area contributed by atoms with Crippen LogP contribution >= 0.6 is 0 Å². The summed E-state index contributed by atoms with van der Waals surface area (Å²) in [5.41, 5.74) is 0.958. The van der Waals surface area contributed by atoms with E-state index in [0.717, 1.165) is 5.56 Å². The van der Waals surface area contributed by atoms with Gasteiger partial charge in [0.05, 0.1) is 19.1 Å². The molecule has 1 fully saturated rings. The lowest BCUT2D eigenvalue weighted by Crippen LogP contribution is -2.42. The van der Waals surface area contributed by atoms with Gasteiger partial charge < -0.3 is 9.84 Å². The lowest BCUT2D eigenvalue weighted by Gasteiger charge is -2.32. The van der Waals surface area contributed by atoms with Crippen LogP contribution in [0.25, 0.3) is 0 Å². The quantitative estimate of drug-likeness (QED) is 0.905. The van der Waals surface area contributed by atoms with Gasteiger partial charge in [-0.05, 0) is 31.7 Å². The molecule has 1 heterocycles. The van der Waals surface area contributed by atoms with Crippen molar-refractivity contribution in [3.05, 3.63) is 35.6 Å². The standard InChI is InChI=1S/C14H18FNO3/c1-9(10-3-5-11(15)6-4-10)16(2)13-8-19-7-12(13)14(17)18/h3-6,9,12-13H,7-8H2,1-2H3,(H,17,18). The highest BCUT2D eigenvalue weighted by Gasteiger charge is 2.38. The third kappa shape index (κ3) is 2.93. The van der Waals surface area contributed by atoms with E-state index >= 15 is 0 Å². The van der Waals surface area contributed by atoms with Crippen LogP contribution in [0.4, 0.5) is 4.39 Å². The predicted octanol–water partition coefficient (Wildman–Crippen LogP) is 1.92. The van der Waals surface area contributed by atoms with Crippen LogP contribution in [0.1, 0.15) is 18.5 Å². The number of nitrogens with zero attached hydrogens (tertiary/aromatic N) is 1. The molecule has 4 nitrogen and oxygen atoms in total. The molecule has 5 heteroatoms. The minimum Gasteiger partial charge on any atom is -0.481 e. The number of benzene rings is 1. The lowest BCUT2D eigenvalue weighted by molar-refractivity contribution is -0.143. The Bertz CT molecular complexity index is 449. The molecular weight excluding hydrogens is 249 g/mol. The van der Waals surface area contributed by atoms with E-state index in [2.05, 4.69) is 0 Å². The summed E-state index contributed by atoms with van der Waals surface area (Å²) >= 11 is 0. The molecule has 0 amide bonds. The number of halogens is 1. The molecule has 0 spiro atoms. The second-order valence-electron chi connectivity index (χ2n) is 4.94. The van der Waals surface area contributed by atoms with Gasteiger partial charge in [0.1, 0.15) is 5.82 Å². The zero-order valence-electron chi connectivity index (χ0n) is 11.0. The molecule has 0 saturated carbocycles. The highest BCUT2D eigenvalue weighted by molar-refractivity contribution is 5.71. The molecule has 1 saturated heterocycles. The Kier molecular flexibility index (Phi) is 4.17. The topological polar surface area (TPSA) is 49.8 Å². The molecular formula is C14H18FNO3. The van der Waals surface area contributed by atoms with Crippen LogP contribution in [0.15, 0.2) is 24.3 Å². The fourth-order valence-electron chi connectivity index (χ4n) is 2.44. The van der Waals surface area contributed by atoms with Gasteiger partial charge in [-0.3, -0.25) is 9.69 Å². The van der Waals surface area contributed by atoms with Crippen molar-refractivity contribution in [1.29, 1.82) is 0 Å². The number of hydrogen-bond donors (Lipinski definition) is 1. The van der Waals surface area contributed by atoms with Crippen LogP contribution in [-0.4, -0.2) is 42.3 Å². The van der Waals surface area contributed by atoms with E-state index in [4.69, 9.17) is 9.84 Å². The van der Waals surface area contributed by atoms with Crippen molar-refractivity contribution in [1.82, 2.24) is 4.90 Å². The summed E-state index contributed by atoms with van der Waals surface area (Å²) in [6.07, 6.45) is 0. The van der Waals surface area contributed by atoms with Crippen molar-refractivity contribution in [2.45, 2.75) is 19.0 Å². The van der Waals surface area contributed by atoms with E-state index in [1.165, 1.54) is 12.1 Å². The zero-order chi connectivity index (χ0) is 14.0.